The molecule has 1 rings (SSSR count). The van der Waals surface area contributed by atoms with E-state index >= 15 is 0 Å². The van der Waals surface area contributed by atoms with Gasteiger partial charge in [0.05, 0.1) is 4.90 Å². The van der Waals surface area contributed by atoms with Crippen LogP contribution in [0.3, 0.4) is 0 Å². The minimum absolute atomic E-state index is 0.00380. The third kappa shape index (κ3) is 5.39. The summed E-state index contributed by atoms with van der Waals surface area (Å²) in [4.78, 5) is 12.1. The predicted molar refractivity (Wildman–Crippen MR) is 77.2 cm³/mol. The van der Waals surface area contributed by atoms with Gasteiger partial charge >= 0.3 is 0 Å². The number of hydrogen-bond donors (Lipinski definition) is 0. The van der Waals surface area contributed by atoms with Gasteiger partial charge in [0.2, 0.25) is 0 Å². The first kappa shape index (κ1) is 15.6. The van der Waals surface area contributed by atoms with Crippen molar-refractivity contribution in [3.05, 3.63) is 42.5 Å². The van der Waals surface area contributed by atoms with Crippen LogP contribution in [0.5, 0.6) is 0 Å². The summed E-state index contributed by atoms with van der Waals surface area (Å²) in [5, 5.41) is 0. The standard InChI is InChI=1S/C15H20O3S/c1-3-4-5-6-7-11-15(16)13-9-8-10-14(12-13)19(2,17)18/h3,8-10,12H,1,4-7,11H2,2H3. The maximum atomic E-state index is 11.9. The lowest BCUT2D eigenvalue weighted by Gasteiger charge is -2.03. The lowest BCUT2D eigenvalue weighted by molar-refractivity contribution is 0.0979. The average Bonchev–Trinajstić information content (AvgIpc) is 2.37. The van der Waals surface area contributed by atoms with Gasteiger partial charge < -0.3 is 0 Å². The van der Waals surface area contributed by atoms with Crippen molar-refractivity contribution in [2.75, 3.05) is 6.26 Å². The molecule has 104 valence electrons. The minimum Gasteiger partial charge on any atom is -0.294 e. The molecule has 0 radical (unpaired) electrons. The van der Waals surface area contributed by atoms with Crippen LogP contribution < -0.4 is 0 Å². The third-order valence-corrected chi connectivity index (χ3v) is 4.01. The van der Waals surface area contributed by atoms with E-state index < -0.39 is 9.84 Å². The van der Waals surface area contributed by atoms with E-state index in [2.05, 4.69) is 6.58 Å². The Morgan fingerprint density at radius 3 is 2.63 bits per heavy atom. The Kier molecular flexibility index (Phi) is 5.96. The largest absolute Gasteiger partial charge is 0.294 e. The van der Waals surface area contributed by atoms with E-state index in [0.29, 0.717) is 12.0 Å². The van der Waals surface area contributed by atoms with Gasteiger partial charge in [0, 0.05) is 18.2 Å². The zero-order chi connectivity index (χ0) is 14.3. The van der Waals surface area contributed by atoms with Crippen LogP contribution >= 0.6 is 0 Å². The molecule has 4 heteroatoms. The Hall–Kier alpha value is -1.42. The van der Waals surface area contributed by atoms with E-state index in [4.69, 9.17) is 0 Å². The molecule has 0 fully saturated rings. The summed E-state index contributed by atoms with van der Waals surface area (Å²) < 4.78 is 22.8. The summed E-state index contributed by atoms with van der Waals surface area (Å²) in [7, 11) is -3.25. The van der Waals surface area contributed by atoms with Gasteiger partial charge in [-0.1, -0.05) is 24.6 Å². The van der Waals surface area contributed by atoms with Gasteiger partial charge in [-0.3, -0.25) is 4.79 Å². The summed E-state index contributed by atoms with van der Waals surface area (Å²) in [5.41, 5.74) is 0.478. The molecule has 0 atom stereocenters. The first-order valence-corrected chi connectivity index (χ1v) is 8.28. The second-order valence-electron chi connectivity index (χ2n) is 4.61. The number of ketones is 1. The highest BCUT2D eigenvalue weighted by molar-refractivity contribution is 7.90. The molecule has 0 spiro atoms. The van der Waals surface area contributed by atoms with Crippen molar-refractivity contribution < 1.29 is 13.2 Å². The molecule has 0 aromatic heterocycles. The molecule has 0 saturated heterocycles. The highest BCUT2D eigenvalue weighted by Gasteiger charge is 2.11. The molecule has 3 nitrogen and oxygen atoms in total. The lowest BCUT2D eigenvalue weighted by Crippen LogP contribution is -2.02. The number of benzene rings is 1. The van der Waals surface area contributed by atoms with Gasteiger partial charge in [-0.25, -0.2) is 8.42 Å². The number of hydrogen-bond acceptors (Lipinski definition) is 3. The molecule has 1 aromatic rings. The average molecular weight is 280 g/mol. The van der Waals surface area contributed by atoms with Crippen LogP contribution in [0.2, 0.25) is 0 Å². The first-order valence-electron chi connectivity index (χ1n) is 6.39. The van der Waals surface area contributed by atoms with E-state index in [1.807, 2.05) is 6.08 Å². The van der Waals surface area contributed by atoms with Crippen LogP contribution in [0.1, 0.15) is 42.5 Å². The Balaban J connectivity index is 2.60. The van der Waals surface area contributed by atoms with Gasteiger partial charge in [-0.15, -0.1) is 6.58 Å². The fourth-order valence-electron chi connectivity index (χ4n) is 1.80. The van der Waals surface area contributed by atoms with Crippen molar-refractivity contribution >= 4 is 15.6 Å². The SMILES string of the molecule is C=CCCCCCC(=O)c1cccc(S(C)(=O)=O)c1. The van der Waals surface area contributed by atoms with Crippen LogP contribution in [-0.2, 0) is 9.84 Å². The molecule has 0 unspecified atom stereocenters. The van der Waals surface area contributed by atoms with Crippen LogP contribution in [0.4, 0.5) is 0 Å². The number of Topliss-reactive ketones (excluding diaryl/α,β-unsaturated/α-hetero) is 1. The van der Waals surface area contributed by atoms with E-state index in [9.17, 15) is 13.2 Å². The van der Waals surface area contributed by atoms with Crippen molar-refractivity contribution in [1.82, 2.24) is 0 Å². The molecule has 0 aliphatic rings. The van der Waals surface area contributed by atoms with E-state index in [1.165, 1.54) is 12.1 Å². The molecular formula is C15H20O3S. The van der Waals surface area contributed by atoms with Gasteiger partial charge in [0.15, 0.2) is 15.6 Å². The lowest BCUT2D eigenvalue weighted by atomic mass is 10.0. The zero-order valence-electron chi connectivity index (χ0n) is 11.3. The molecule has 0 amide bonds. The minimum atomic E-state index is -3.25. The number of sulfone groups is 1. The molecular weight excluding hydrogens is 260 g/mol. The van der Waals surface area contributed by atoms with Crippen molar-refractivity contribution in [3.8, 4) is 0 Å². The third-order valence-electron chi connectivity index (χ3n) is 2.90. The Bertz CT molecular complexity index is 544. The Morgan fingerprint density at radius 1 is 1.26 bits per heavy atom. The molecule has 19 heavy (non-hydrogen) atoms. The number of rotatable bonds is 8. The second kappa shape index (κ2) is 7.24. The molecule has 0 bridgehead atoms. The van der Waals surface area contributed by atoms with E-state index in [-0.39, 0.29) is 10.7 Å². The van der Waals surface area contributed by atoms with Crippen molar-refractivity contribution in [2.45, 2.75) is 37.0 Å². The predicted octanol–water partition coefficient (Wildman–Crippen LogP) is 3.41. The van der Waals surface area contributed by atoms with E-state index in [1.54, 1.807) is 12.1 Å². The summed E-state index contributed by atoms with van der Waals surface area (Å²) in [6, 6.07) is 6.25. The molecule has 1 aromatic carbocycles. The van der Waals surface area contributed by atoms with Crippen molar-refractivity contribution in [1.29, 1.82) is 0 Å². The zero-order valence-corrected chi connectivity index (χ0v) is 12.1. The highest BCUT2D eigenvalue weighted by Crippen LogP contribution is 2.14. The molecule has 0 saturated carbocycles. The topological polar surface area (TPSA) is 51.2 Å². The number of allylic oxidation sites excluding steroid dienone is 1. The fourth-order valence-corrected chi connectivity index (χ4v) is 2.46. The summed E-state index contributed by atoms with van der Waals surface area (Å²) in [6.07, 6.45) is 7.31. The van der Waals surface area contributed by atoms with Crippen LogP contribution in [0.15, 0.2) is 41.8 Å². The Labute approximate surface area is 115 Å². The number of carbonyl (C=O) groups is 1. The van der Waals surface area contributed by atoms with Gasteiger partial charge in [-0.05, 0) is 31.4 Å². The number of unbranched alkanes of at least 4 members (excludes halogenated alkanes) is 3. The summed E-state index contributed by atoms with van der Waals surface area (Å²) in [6.45, 7) is 3.65. The summed E-state index contributed by atoms with van der Waals surface area (Å²) in [5.74, 6) is 0.00380. The maximum Gasteiger partial charge on any atom is 0.175 e. The quantitative estimate of drug-likeness (QED) is 0.416. The maximum absolute atomic E-state index is 11.9. The monoisotopic (exact) mass is 280 g/mol. The smallest absolute Gasteiger partial charge is 0.175 e. The van der Waals surface area contributed by atoms with Gasteiger partial charge in [-0.2, -0.15) is 0 Å². The van der Waals surface area contributed by atoms with Crippen molar-refractivity contribution in [2.24, 2.45) is 0 Å². The summed E-state index contributed by atoms with van der Waals surface area (Å²) >= 11 is 0. The fraction of sp³-hybridized carbons (Fsp3) is 0.400. The number of carbonyl (C=O) groups excluding carboxylic acids is 1. The molecule has 0 aliphatic heterocycles. The molecule has 0 N–H and O–H groups in total. The normalized spacial score (nSPS) is 11.2. The van der Waals surface area contributed by atoms with Crippen LogP contribution in [0, 0.1) is 0 Å². The van der Waals surface area contributed by atoms with E-state index in [0.717, 1.165) is 31.9 Å². The molecule has 0 aliphatic carbocycles. The Morgan fingerprint density at radius 2 is 2.00 bits per heavy atom. The van der Waals surface area contributed by atoms with Crippen LogP contribution in [-0.4, -0.2) is 20.5 Å². The van der Waals surface area contributed by atoms with Gasteiger partial charge in [0.25, 0.3) is 0 Å². The highest BCUT2D eigenvalue weighted by atomic mass is 32.2. The first-order chi connectivity index (χ1) is 8.95. The van der Waals surface area contributed by atoms with Crippen molar-refractivity contribution in [3.63, 3.8) is 0 Å². The second-order valence-corrected chi connectivity index (χ2v) is 6.63. The van der Waals surface area contributed by atoms with Gasteiger partial charge in [0.1, 0.15) is 0 Å². The molecule has 0 heterocycles. The van der Waals surface area contributed by atoms with Crippen LogP contribution in [0.25, 0.3) is 0 Å².